The number of benzene rings is 1. The zero-order valence-corrected chi connectivity index (χ0v) is 29.6. The Morgan fingerprint density at radius 2 is 1.70 bits per heavy atom. The number of aromatic hydroxyl groups is 1. The van der Waals surface area contributed by atoms with Crippen LogP contribution in [0.3, 0.4) is 0 Å². The topological polar surface area (TPSA) is 113 Å². The van der Waals surface area contributed by atoms with Gasteiger partial charge in [0, 0.05) is 11.5 Å². The first-order chi connectivity index (χ1) is 22.0. The number of hydrogen-bond donors (Lipinski definition) is 3. The van der Waals surface area contributed by atoms with Crippen LogP contribution in [0.2, 0.25) is 0 Å². The number of carbonyl (C=O) groups excluding carboxylic acids is 1. The second-order valence-electron chi connectivity index (χ2n) is 17.3. The van der Waals surface area contributed by atoms with E-state index in [1.165, 1.54) is 24.8 Å². The molecule has 0 spiro atoms. The summed E-state index contributed by atoms with van der Waals surface area (Å²) < 4.78 is 11.2. The van der Waals surface area contributed by atoms with E-state index in [1.54, 1.807) is 18.2 Å². The molecule has 5 aliphatic rings. The first-order valence-electron chi connectivity index (χ1n) is 17.8. The van der Waals surface area contributed by atoms with E-state index < -0.39 is 35.0 Å². The normalized spacial score (nSPS) is 43.9. The van der Waals surface area contributed by atoms with E-state index in [9.17, 15) is 24.9 Å². The Morgan fingerprint density at radius 3 is 2.36 bits per heavy atom. The average Bonchev–Trinajstić information content (AvgIpc) is 3.00. The van der Waals surface area contributed by atoms with Crippen LogP contribution in [-0.4, -0.2) is 46.6 Å². The molecule has 0 radical (unpaired) electrons. The van der Waals surface area contributed by atoms with Gasteiger partial charge in [-0.3, -0.25) is 4.79 Å². The molecule has 1 aromatic rings. The Labute approximate surface area is 280 Å². The summed E-state index contributed by atoms with van der Waals surface area (Å²) in [5.74, 6) is 0.687. The summed E-state index contributed by atoms with van der Waals surface area (Å²) in [7, 11) is 1.48. The number of ether oxygens (including phenoxy) is 2. The number of aliphatic carboxylic acids is 1. The van der Waals surface area contributed by atoms with E-state index >= 15 is 0 Å². The van der Waals surface area contributed by atoms with Crippen molar-refractivity contribution in [3.8, 4) is 11.5 Å². The predicted octanol–water partition coefficient (Wildman–Crippen LogP) is 8.04. The molecule has 7 nitrogen and oxygen atoms in total. The molecule has 47 heavy (non-hydrogen) atoms. The van der Waals surface area contributed by atoms with Crippen molar-refractivity contribution < 1.29 is 34.4 Å². The molecule has 0 heterocycles. The molecule has 4 saturated carbocycles. The van der Waals surface area contributed by atoms with Crippen LogP contribution in [0.5, 0.6) is 11.5 Å². The van der Waals surface area contributed by atoms with Crippen LogP contribution >= 0.6 is 0 Å². The third-order valence-corrected chi connectivity index (χ3v) is 15.2. The monoisotopic (exact) mass is 648 g/mol. The molecule has 0 aliphatic heterocycles. The number of esters is 1. The highest BCUT2D eigenvalue weighted by Crippen LogP contribution is 2.75. The lowest BCUT2D eigenvalue weighted by Crippen LogP contribution is -2.67. The number of methoxy groups -OCH3 is 1. The van der Waals surface area contributed by atoms with Gasteiger partial charge in [0.2, 0.25) is 0 Å². The zero-order valence-electron chi connectivity index (χ0n) is 29.6. The minimum atomic E-state index is -0.806. The summed E-state index contributed by atoms with van der Waals surface area (Å²) in [6, 6.07) is 4.92. The fourth-order valence-corrected chi connectivity index (χ4v) is 12.4. The standard InChI is InChI=1S/C40H56O7/c1-23-15-18-40(35(44)45)20-19-38(6)26(33(40)24(23)2)11-13-31-37(5)22-28(42)34(36(3,4)30(37)16-17-39(31,38)7)47-32(43)14-10-25-9-12-29(46-8)27(41)21-25/h9-12,14,21,23-24,28,30-31,33-34,41-42H,13,15-20,22H2,1-8H3,(H,44,45)/b14-10+/t23?,24-,28+,30?,31?,33-,34+,37-,38+,39+,40-/m0/s1. The van der Waals surface area contributed by atoms with E-state index in [0.717, 1.165) is 44.9 Å². The lowest BCUT2D eigenvalue weighted by Gasteiger charge is -2.71. The molecule has 6 rings (SSSR count). The van der Waals surface area contributed by atoms with Gasteiger partial charge in [-0.25, -0.2) is 4.79 Å². The molecule has 3 unspecified atom stereocenters. The minimum Gasteiger partial charge on any atom is -0.504 e. The number of carboxylic acids is 1. The Kier molecular flexibility index (Phi) is 8.26. The smallest absolute Gasteiger partial charge is 0.331 e. The first-order valence-corrected chi connectivity index (χ1v) is 17.8. The molecule has 0 amide bonds. The van der Waals surface area contributed by atoms with Crippen molar-refractivity contribution in [3.63, 3.8) is 0 Å². The van der Waals surface area contributed by atoms with Gasteiger partial charge in [0.1, 0.15) is 6.10 Å². The highest BCUT2D eigenvalue weighted by Gasteiger charge is 2.70. The summed E-state index contributed by atoms with van der Waals surface area (Å²) >= 11 is 0. The van der Waals surface area contributed by atoms with Crippen LogP contribution in [0.4, 0.5) is 0 Å². The molecule has 258 valence electrons. The first kappa shape index (κ1) is 34.1. The number of aliphatic hydroxyl groups excluding tert-OH is 1. The van der Waals surface area contributed by atoms with Crippen molar-refractivity contribution >= 4 is 18.0 Å². The number of hydrogen-bond acceptors (Lipinski definition) is 6. The van der Waals surface area contributed by atoms with Crippen molar-refractivity contribution in [3.05, 3.63) is 41.5 Å². The van der Waals surface area contributed by atoms with Crippen LogP contribution in [-0.2, 0) is 14.3 Å². The molecule has 0 aromatic heterocycles. The molecule has 7 heteroatoms. The van der Waals surface area contributed by atoms with E-state index in [-0.39, 0.29) is 33.8 Å². The summed E-state index contributed by atoms with van der Waals surface area (Å²) in [5.41, 5.74) is 0.625. The fourth-order valence-electron chi connectivity index (χ4n) is 12.4. The zero-order chi connectivity index (χ0) is 34.3. The number of phenols is 1. The van der Waals surface area contributed by atoms with Gasteiger partial charge >= 0.3 is 11.9 Å². The lowest BCUT2D eigenvalue weighted by atomic mass is 9.33. The Balaban J connectivity index is 1.27. The van der Waals surface area contributed by atoms with Crippen LogP contribution in [0.25, 0.3) is 6.08 Å². The summed E-state index contributed by atoms with van der Waals surface area (Å²) in [5, 5.41) is 32.6. The summed E-state index contributed by atoms with van der Waals surface area (Å²) in [4.78, 5) is 26.1. The third kappa shape index (κ3) is 4.83. The number of fused-ring (bicyclic) bond motifs is 7. The summed E-state index contributed by atoms with van der Waals surface area (Å²) in [6.45, 7) is 16.2. The quantitative estimate of drug-likeness (QED) is 0.168. The maximum absolute atomic E-state index is 13.1. The average molecular weight is 649 g/mol. The maximum atomic E-state index is 13.1. The molecular weight excluding hydrogens is 592 g/mol. The maximum Gasteiger partial charge on any atom is 0.331 e. The number of phenolic OH excluding ortho intramolecular Hbond substituents is 1. The van der Waals surface area contributed by atoms with Crippen molar-refractivity contribution in [2.24, 2.45) is 56.7 Å². The Hall–Kier alpha value is -2.80. The number of allylic oxidation sites excluding steroid dienone is 2. The van der Waals surface area contributed by atoms with Crippen LogP contribution in [0.15, 0.2) is 35.9 Å². The molecule has 11 atom stereocenters. The van der Waals surface area contributed by atoms with E-state index in [2.05, 4.69) is 54.5 Å². The molecule has 1 aromatic carbocycles. The third-order valence-electron chi connectivity index (χ3n) is 15.2. The van der Waals surface area contributed by atoms with E-state index in [0.29, 0.717) is 35.5 Å². The molecule has 0 saturated heterocycles. The highest BCUT2D eigenvalue weighted by atomic mass is 16.6. The molecule has 0 bridgehead atoms. The highest BCUT2D eigenvalue weighted by molar-refractivity contribution is 5.87. The number of aliphatic hydroxyl groups is 1. The SMILES string of the molecule is COc1ccc(/C=C/C(=O)O[C@@H]2[C@H](O)C[C@@]3(C)C(CC[C@]4(C)C3CC=C3[C@@H]5[C@@H](C)C(C)CC[C@]5(C(=O)O)CC[C@]34C)C2(C)C)cc1O. The van der Waals surface area contributed by atoms with Crippen molar-refractivity contribution in [1.82, 2.24) is 0 Å². The molecule has 3 N–H and O–H groups in total. The number of carbonyl (C=O) groups is 2. The van der Waals surface area contributed by atoms with Gasteiger partial charge < -0.3 is 24.8 Å². The van der Waals surface area contributed by atoms with E-state index in [1.807, 2.05) is 0 Å². The Bertz CT molecular complexity index is 1490. The van der Waals surface area contributed by atoms with Crippen molar-refractivity contribution in [2.75, 3.05) is 7.11 Å². The van der Waals surface area contributed by atoms with Gasteiger partial charge in [-0.05, 0) is 121 Å². The van der Waals surface area contributed by atoms with Gasteiger partial charge in [-0.15, -0.1) is 0 Å². The molecule has 5 aliphatic carbocycles. The van der Waals surface area contributed by atoms with Gasteiger partial charge in [0.25, 0.3) is 0 Å². The van der Waals surface area contributed by atoms with Gasteiger partial charge in [0.15, 0.2) is 11.5 Å². The van der Waals surface area contributed by atoms with Crippen molar-refractivity contribution in [1.29, 1.82) is 0 Å². The van der Waals surface area contributed by atoms with Gasteiger partial charge in [-0.1, -0.05) is 66.2 Å². The van der Waals surface area contributed by atoms with Crippen LogP contribution in [0, 0.1) is 56.7 Å². The second kappa shape index (κ2) is 11.4. The Morgan fingerprint density at radius 1 is 0.979 bits per heavy atom. The van der Waals surface area contributed by atoms with Crippen LogP contribution < -0.4 is 4.74 Å². The van der Waals surface area contributed by atoms with Gasteiger partial charge in [-0.2, -0.15) is 0 Å². The second-order valence-corrected chi connectivity index (χ2v) is 17.3. The molecular formula is C40H56O7. The van der Waals surface area contributed by atoms with Crippen LogP contribution in [0.1, 0.15) is 105 Å². The van der Waals surface area contributed by atoms with E-state index in [4.69, 9.17) is 9.47 Å². The van der Waals surface area contributed by atoms with Crippen molar-refractivity contribution in [2.45, 2.75) is 112 Å². The largest absolute Gasteiger partial charge is 0.504 e. The molecule has 4 fully saturated rings. The fraction of sp³-hybridized carbons (Fsp3) is 0.700. The number of rotatable bonds is 5. The van der Waals surface area contributed by atoms with Gasteiger partial charge in [0.05, 0.1) is 18.6 Å². The summed E-state index contributed by atoms with van der Waals surface area (Å²) in [6.07, 6.45) is 10.8. The minimum absolute atomic E-state index is 0.00813. The lowest BCUT2D eigenvalue weighted by molar-refractivity contribution is -0.238. The number of carboxylic acid groups (broad SMARTS) is 1. The predicted molar refractivity (Wildman–Crippen MR) is 182 cm³/mol.